The third-order valence-electron chi connectivity index (χ3n) is 9.03. The van der Waals surface area contributed by atoms with Gasteiger partial charge in [-0.05, 0) is 37.0 Å². The molecule has 2 aliphatic heterocycles. The van der Waals surface area contributed by atoms with Crippen LogP contribution in [-0.2, 0) is 38.9 Å². The van der Waals surface area contributed by atoms with Crippen molar-refractivity contribution in [2.45, 2.75) is 126 Å². The van der Waals surface area contributed by atoms with E-state index >= 15 is 0 Å². The van der Waals surface area contributed by atoms with Crippen molar-refractivity contribution in [2.24, 2.45) is 17.2 Å². The summed E-state index contributed by atoms with van der Waals surface area (Å²) in [6.45, 7) is 22.6. The standard InChI is InChI=1S/C10H16N.2C9H15N2.C9H16N.C8H15N2/c1-3-7-11-8-5-10(4-2)6-9-11;1-2-9-4-3-6-11(8-9)7-5-10;1-2-9-5-3-4-7-11(9)8-6-10;1-3-6-10-7-5-9(4-2)8-10;1-2-8-4-3-6-10(8)7-5-9/h5-6,8-9H,3-4,7H2,1-2H3;3-4,6,8H,2,5,7,10H2,1H3;3-5,7H,2,6,8,10H2,1H3;7-8H,3-6H2,1-2H3;3,6H,2,4-5,7,9H2,1H3/q5*+1. The molecule has 0 aliphatic carbocycles. The molecule has 0 saturated carbocycles. The Labute approximate surface area is 324 Å². The van der Waals surface area contributed by atoms with E-state index in [1.54, 1.807) is 5.57 Å². The predicted molar refractivity (Wildman–Crippen MR) is 224 cm³/mol. The predicted octanol–water partition coefficient (Wildman–Crippen LogP) is 5.84. The largest absolute Gasteiger partial charge is 0.325 e. The molecule has 2 aliphatic rings. The molecule has 8 heteroatoms. The molecule has 0 amide bonds. The summed E-state index contributed by atoms with van der Waals surface area (Å²) in [6.07, 6.45) is 29.8. The fourth-order valence-corrected chi connectivity index (χ4v) is 5.88. The monoisotopic (exact) mass is 730 g/mol. The number of aromatic nitrogens is 3. The smallest absolute Gasteiger partial charge is 0.181 e. The van der Waals surface area contributed by atoms with Crippen molar-refractivity contribution in [3.8, 4) is 0 Å². The minimum atomic E-state index is 0.706. The van der Waals surface area contributed by atoms with Crippen molar-refractivity contribution < 1.29 is 22.9 Å². The van der Waals surface area contributed by atoms with Gasteiger partial charge in [-0.1, -0.05) is 54.5 Å². The Morgan fingerprint density at radius 2 is 1.26 bits per heavy atom. The van der Waals surface area contributed by atoms with Crippen LogP contribution in [0, 0.1) is 0 Å². The Morgan fingerprint density at radius 1 is 0.566 bits per heavy atom. The lowest BCUT2D eigenvalue weighted by Crippen LogP contribution is -2.40. The number of hydrogen-bond donors (Lipinski definition) is 3. The number of pyridine rings is 3. The van der Waals surface area contributed by atoms with Crippen molar-refractivity contribution in [1.29, 1.82) is 0 Å². The lowest BCUT2D eigenvalue weighted by molar-refractivity contribution is -0.701. The number of nitrogens with zero attached hydrogens (tertiary/aromatic N) is 5. The molecule has 0 fully saturated rings. The van der Waals surface area contributed by atoms with E-state index in [1.807, 2.05) is 12.3 Å². The maximum Gasteiger partial charge on any atom is 0.181 e. The van der Waals surface area contributed by atoms with E-state index in [2.05, 4.69) is 157 Å². The first-order valence-electron chi connectivity index (χ1n) is 20.5. The Bertz CT molecular complexity index is 1500. The minimum Gasteiger partial charge on any atom is -0.325 e. The van der Waals surface area contributed by atoms with Gasteiger partial charge in [-0.25, -0.2) is 22.9 Å². The third kappa shape index (κ3) is 20.3. The number of allylic oxidation sites excluding steroid dienone is 2. The molecule has 0 spiro atoms. The summed E-state index contributed by atoms with van der Waals surface area (Å²) in [7, 11) is 0. The van der Waals surface area contributed by atoms with Crippen LogP contribution < -0.4 is 30.9 Å². The van der Waals surface area contributed by atoms with E-state index in [0.29, 0.717) is 13.1 Å². The van der Waals surface area contributed by atoms with Gasteiger partial charge >= 0.3 is 0 Å². The van der Waals surface area contributed by atoms with Crippen LogP contribution in [0.25, 0.3) is 0 Å². The van der Waals surface area contributed by atoms with Gasteiger partial charge in [-0.2, -0.15) is 0 Å². The molecule has 8 nitrogen and oxygen atoms in total. The first-order chi connectivity index (χ1) is 25.9. The SMILES string of the molecule is CCC1=[N+](CCN)C=CC1.CCC[N+]1=CCC(CC)=C1.CCC[n+]1ccc(CC)cc1.CCc1ccc[n+](CCN)c1.CCc1cccc[n+]1CCN. The van der Waals surface area contributed by atoms with Crippen LogP contribution in [0.4, 0.5) is 0 Å². The molecule has 0 aromatic carbocycles. The normalized spacial score (nSPS) is 12.6. The Balaban J connectivity index is 0.000000331. The van der Waals surface area contributed by atoms with E-state index in [1.165, 1.54) is 54.8 Å². The molecule has 5 rings (SSSR count). The van der Waals surface area contributed by atoms with Gasteiger partial charge < -0.3 is 17.2 Å². The van der Waals surface area contributed by atoms with Crippen molar-refractivity contribution in [2.75, 3.05) is 32.7 Å². The van der Waals surface area contributed by atoms with Gasteiger partial charge in [0, 0.05) is 67.2 Å². The molecule has 6 N–H and O–H groups in total. The second-order valence-corrected chi connectivity index (χ2v) is 13.2. The second-order valence-electron chi connectivity index (χ2n) is 13.2. The summed E-state index contributed by atoms with van der Waals surface area (Å²) in [6, 6.07) is 14.8. The van der Waals surface area contributed by atoms with E-state index < -0.39 is 0 Å². The highest BCUT2D eigenvalue weighted by Crippen LogP contribution is 2.09. The van der Waals surface area contributed by atoms with Crippen molar-refractivity contribution in [3.63, 3.8) is 0 Å². The van der Waals surface area contributed by atoms with Crippen LogP contribution in [0.1, 0.15) is 104 Å². The summed E-state index contributed by atoms with van der Waals surface area (Å²) in [4.78, 5) is 0. The van der Waals surface area contributed by atoms with Crippen LogP contribution >= 0.6 is 0 Å². The van der Waals surface area contributed by atoms with Crippen LogP contribution in [-0.4, -0.2) is 53.8 Å². The number of hydrogen-bond acceptors (Lipinski definition) is 3. The molecule has 0 saturated heterocycles. The van der Waals surface area contributed by atoms with E-state index in [4.69, 9.17) is 17.2 Å². The Hall–Kier alpha value is -3.85. The maximum atomic E-state index is 5.46. The zero-order chi connectivity index (χ0) is 39.1. The highest BCUT2D eigenvalue weighted by molar-refractivity contribution is 5.82. The van der Waals surface area contributed by atoms with Gasteiger partial charge in [0.2, 0.25) is 0 Å². The molecular formula is C45H77N8+5. The number of aryl methyl sites for hydroxylation is 4. The first kappa shape index (κ1) is 47.2. The van der Waals surface area contributed by atoms with Crippen LogP contribution in [0.2, 0.25) is 0 Å². The van der Waals surface area contributed by atoms with Crippen LogP contribution in [0.3, 0.4) is 0 Å². The molecular weight excluding hydrogens is 653 g/mol. The number of nitrogens with two attached hydrogens (primary N) is 3. The lowest BCUT2D eigenvalue weighted by Gasteiger charge is -1.98. The van der Waals surface area contributed by atoms with Crippen LogP contribution in [0.15, 0.2) is 97.5 Å². The molecule has 292 valence electrons. The zero-order valence-corrected chi connectivity index (χ0v) is 34.7. The van der Waals surface area contributed by atoms with Gasteiger partial charge in [0.1, 0.15) is 19.3 Å². The summed E-state index contributed by atoms with van der Waals surface area (Å²) >= 11 is 0. The van der Waals surface area contributed by atoms with Crippen molar-refractivity contribution >= 4 is 11.9 Å². The molecule has 3 aromatic heterocycles. The molecule has 0 unspecified atom stereocenters. The summed E-state index contributed by atoms with van der Waals surface area (Å²) in [5.41, 5.74) is 23.5. The van der Waals surface area contributed by atoms with E-state index in [0.717, 1.165) is 64.8 Å². The van der Waals surface area contributed by atoms with Gasteiger partial charge in [0.15, 0.2) is 74.4 Å². The van der Waals surface area contributed by atoms with Crippen LogP contribution in [0.5, 0.6) is 0 Å². The van der Waals surface area contributed by atoms with Gasteiger partial charge in [-0.15, -0.1) is 0 Å². The van der Waals surface area contributed by atoms with Crippen molar-refractivity contribution in [1.82, 2.24) is 0 Å². The quantitative estimate of drug-likeness (QED) is 0.172. The van der Waals surface area contributed by atoms with E-state index in [9.17, 15) is 0 Å². The minimum absolute atomic E-state index is 0.706. The summed E-state index contributed by atoms with van der Waals surface area (Å²) in [5.74, 6) is 0. The molecule has 0 atom stereocenters. The molecule has 3 aromatic rings. The molecule has 53 heavy (non-hydrogen) atoms. The topological polar surface area (TPSA) is 95.7 Å². The average Bonchev–Trinajstić information content (AvgIpc) is 3.86. The molecule has 5 heterocycles. The fourth-order valence-electron chi connectivity index (χ4n) is 5.88. The second kappa shape index (κ2) is 30.6. The molecule has 0 radical (unpaired) electrons. The summed E-state index contributed by atoms with van der Waals surface area (Å²) < 4.78 is 11.1. The fraction of sp³-hybridized carbons (Fsp3) is 0.533. The third-order valence-corrected chi connectivity index (χ3v) is 9.03. The van der Waals surface area contributed by atoms with Gasteiger partial charge in [0.25, 0.3) is 0 Å². The maximum absolute atomic E-state index is 5.46. The Kier molecular flexibility index (Phi) is 27.2. The number of rotatable bonds is 15. The Morgan fingerprint density at radius 3 is 1.83 bits per heavy atom. The van der Waals surface area contributed by atoms with E-state index in [-0.39, 0.29) is 0 Å². The van der Waals surface area contributed by atoms with Gasteiger partial charge in [0.05, 0.1) is 32.5 Å². The average molecular weight is 730 g/mol. The van der Waals surface area contributed by atoms with Gasteiger partial charge in [-0.3, -0.25) is 0 Å². The molecule has 0 bridgehead atoms. The first-order valence-corrected chi connectivity index (χ1v) is 20.5. The lowest BCUT2D eigenvalue weighted by atomic mass is 10.2. The van der Waals surface area contributed by atoms with Crippen molar-refractivity contribution in [3.05, 3.63) is 114 Å². The zero-order valence-electron chi connectivity index (χ0n) is 34.7. The highest BCUT2D eigenvalue weighted by atomic mass is 15.0. The summed E-state index contributed by atoms with van der Waals surface area (Å²) in [5, 5.41) is 0. The highest BCUT2D eigenvalue weighted by Gasteiger charge is 2.13.